The molecule has 3 heterocycles. The molecule has 2 N–H and O–H groups in total. The van der Waals surface area contributed by atoms with Crippen LogP contribution in [0.4, 0.5) is 5.69 Å². The number of H-pyrrole nitrogens is 1. The normalized spacial score (nSPS) is 11.2. The third-order valence-corrected chi connectivity index (χ3v) is 4.73. The first-order valence-corrected chi connectivity index (χ1v) is 8.91. The maximum absolute atomic E-state index is 12.4. The number of anilines is 1. The number of hydrogen-bond donors (Lipinski definition) is 2. The fourth-order valence-electron chi connectivity index (χ4n) is 3.14. The number of rotatable bonds is 5. The van der Waals surface area contributed by atoms with Gasteiger partial charge in [0.05, 0.1) is 24.2 Å². The van der Waals surface area contributed by atoms with Crippen molar-refractivity contribution in [2.45, 2.75) is 20.4 Å². The zero-order valence-corrected chi connectivity index (χ0v) is 16.4. The molecular formula is C19H20N6O4. The molecule has 0 unspecified atom stereocenters. The van der Waals surface area contributed by atoms with E-state index >= 15 is 0 Å². The maximum atomic E-state index is 12.4. The summed E-state index contributed by atoms with van der Waals surface area (Å²) < 4.78 is 13.1. The number of carbonyl (C=O) groups excluding carboxylic acids is 1. The molecule has 1 amide bonds. The molecule has 0 atom stereocenters. The lowest BCUT2D eigenvalue weighted by atomic mass is 10.2. The molecule has 0 aliphatic carbocycles. The lowest BCUT2D eigenvalue weighted by Gasteiger charge is -2.04. The number of ether oxygens (including phenoxy) is 1. The van der Waals surface area contributed by atoms with Gasteiger partial charge in [-0.25, -0.2) is 4.79 Å². The van der Waals surface area contributed by atoms with E-state index in [-0.39, 0.29) is 12.4 Å². The quantitative estimate of drug-likeness (QED) is 0.532. The monoisotopic (exact) mass is 396 g/mol. The van der Waals surface area contributed by atoms with Crippen LogP contribution in [0.5, 0.6) is 5.75 Å². The molecule has 1 aromatic carbocycles. The van der Waals surface area contributed by atoms with E-state index in [1.807, 2.05) is 25.1 Å². The molecule has 3 aromatic heterocycles. The van der Waals surface area contributed by atoms with Gasteiger partial charge in [0, 0.05) is 18.0 Å². The highest BCUT2D eigenvalue weighted by Gasteiger charge is 2.17. The van der Waals surface area contributed by atoms with Gasteiger partial charge in [0.1, 0.15) is 18.0 Å². The van der Waals surface area contributed by atoms with Crippen molar-refractivity contribution in [2.24, 2.45) is 7.05 Å². The molecule has 0 bridgehead atoms. The van der Waals surface area contributed by atoms with Crippen LogP contribution in [0.3, 0.4) is 0 Å². The fourth-order valence-corrected chi connectivity index (χ4v) is 3.14. The van der Waals surface area contributed by atoms with Gasteiger partial charge in [-0.2, -0.15) is 9.78 Å². The average Bonchev–Trinajstić information content (AvgIpc) is 3.34. The van der Waals surface area contributed by atoms with Gasteiger partial charge in [0.15, 0.2) is 0 Å². The van der Waals surface area contributed by atoms with Gasteiger partial charge in [-0.3, -0.25) is 9.48 Å². The minimum absolute atomic E-state index is 0.103. The van der Waals surface area contributed by atoms with Crippen molar-refractivity contribution in [3.63, 3.8) is 0 Å². The van der Waals surface area contributed by atoms with E-state index in [2.05, 4.69) is 20.5 Å². The summed E-state index contributed by atoms with van der Waals surface area (Å²) in [5.74, 6) is -0.294. The summed E-state index contributed by atoms with van der Waals surface area (Å²) >= 11 is 0. The van der Waals surface area contributed by atoms with Gasteiger partial charge in [-0.05, 0) is 38.1 Å². The Morgan fingerprint density at radius 1 is 1.28 bits per heavy atom. The Labute approximate surface area is 165 Å². The Kier molecular flexibility index (Phi) is 4.45. The maximum Gasteiger partial charge on any atom is 0.437 e. The molecule has 0 aliphatic heterocycles. The van der Waals surface area contributed by atoms with E-state index in [1.165, 1.54) is 0 Å². The minimum Gasteiger partial charge on any atom is -0.497 e. The number of methoxy groups -OCH3 is 1. The van der Waals surface area contributed by atoms with Crippen LogP contribution in [-0.2, 0) is 18.4 Å². The van der Waals surface area contributed by atoms with Gasteiger partial charge in [0.25, 0.3) is 5.89 Å². The Balaban J connectivity index is 1.56. The van der Waals surface area contributed by atoms with E-state index in [9.17, 15) is 9.59 Å². The van der Waals surface area contributed by atoms with E-state index in [1.54, 1.807) is 31.8 Å². The summed E-state index contributed by atoms with van der Waals surface area (Å²) in [5.41, 5.74) is 3.51. The largest absolute Gasteiger partial charge is 0.497 e. The van der Waals surface area contributed by atoms with Gasteiger partial charge in [-0.15, -0.1) is 5.10 Å². The van der Waals surface area contributed by atoms with Crippen molar-refractivity contribution in [1.29, 1.82) is 0 Å². The van der Waals surface area contributed by atoms with Crippen LogP contribution >= 0.6 is 0 Å². The third kappa shape index (κ3) is 3.40. The lowest BCUT2D eigenvalue weighted by molar-refractivity contribution is -0.117. The van der Waals surface area contributed by atoms with Crippen molar-refractivity contribution in [3.8, 4) is 17.3 Å². The molecule has 0 saturated carbocycles. The van der Waals surface area contributed by atoms with Crippen molar-refractivity contribution >= 4 is 22.5 Å². The fraction of sp³-hybridized carbons (Fsp3) is 0.263. The first kappa shape index (κ1) is 18.5. The van der Waals surface area contributed by atoms with Crippen LogP contribution in [0.25, 0.3) is 22.5 Å². The van der Waals surface area contributed by atoms with Crippen molar-refractivity contribution in [1.82, 2.24) is 24.5 Å². The van der Waals surface area contributed by atoms with E-state index < -0.39 is 11.7 Å². The molecule has 150 valence electrons. The summed E-state index contributed by atoms with van der Waals surface area (Å²) in [6.07, 6.45) is 0. The van der Waals surface area contributed by atoms with E-state index in [0.717, 1.165) is 21.3 Å². The lowest BCUT2D eigenvalue weighted by Crippen LogP contribution is -2.26. The molecule has 0 aliphatic rings. The standard InChI is InChI=1S/C19H20N6O4/c1-10-17(11(2)24(3)22-10)21-16(26)9-25-19(27)29-18(23-25)15-8-12-7-13(28-4)5-6-14(12)20-15/h5-8,20H,9H2,1-4H3,(H,21,26). The number of aromatic amines is 1. The number of fused-ring (bicyclic) bond motifs is 1. The number of nitrogens with zero attached hydrogens (tertiary/aromatic N) is 4. The number of aryl methyl sites for hydroxylation is 2. The SMILES string of the molecule is COc1ccc2[nH]c(-c3nn(CC(=O)Nc4c(C)nn(C)c4C)c(=O)o3)cc2c1. The van der Waals surface area contributed by atoms with Crippen LogP contribution < -0.4 is 15.8 Å². The smallest absolute Gasteiger partial charge is 0.437 e. The highest BCUT2D eigenvalue weighted by Crippen LogP contribution is 2.25. The topological polar surface area (TPSA) is 120 Å². The molecule has 4 rings (SSSR count). The molecule has 10 heteroatoms. The molecular weight excluding hydrogens is 376 g/mol. The summed E-state index contributed by atoms with van der Waals surface area (Å²) in [6.45, 7) is 3.37. The minimum atomic E-state index is -0.717. The van der Waals surface area contributed by atoms with Crippen LogP contribution in [0.15, 0.2) is 33.5 Å². The highest BCUT2D eigenvalue weighted by molar-refractivity contribution is 5.91. The molecule has 29 heavy (non-hydrogen) atoms. The Morgan fingerprint density at radius 3 is 2.76 bits per heavy atom. The number of aromatic nitrogens is 5. The van der Waals surface area contributed by atoms with Crippen molar-refractivity contribution < 1.29 is 13.9 Å². The molecule has 0 saturated heterocycles. The number of carbonyl (C=O) groups is 1. The van der Waals surface area contributed by atoms with E-state index in [4.69, 9.17) is 9.15 Å². The summed E-state index contributed by atoms with van der Waals surface area (Å²) in [5, 5.41) is 12.1. The van der Waals surface area contributed by atoms with Crippen molar-refractivity contribution in [2.75, 3.05) is 12.4 Å². The van der Waals surface area contributed by atoms with Crippen LogP contribution in [0.1, 0.15) is 11.4 Å². The predicted molar refractivity (Wildman–Crippen MR) is 106 cm³/mol. The Bertz CT molecular complexity index is 1280. The predicted octanol–water partition coefficient (Wildman–Crippen LogP) is 1.98. The number of nitrogens with one attached hydrogen (secondary N) is 2. The molecule has 0 spiro atoms. The van der Waals surface area contributed by atoms with Crippen molar-refractivity contribution in [3.05, 3.63) is 46.2 Å². The van der Waals surface area contributed by atoms with Gasteiger partial charge >= 0.3 is 5.76 Å². The summed E-state index contributed by atoms with van der Waals surface area (Å²) in [7, 11) is 3.39. The molecule has 10 nitrogen and oxygen atoms in total. The first-order valence-electron chi connectivity index (χ1n) is 8.91. The number of benzene rings is 1. The zero-order valence-electron chi connectivity index (χ0n) is 16.4. The molecule has 4 aromatic rings. The summed E-state index contributed by atoms with van der Waals surface area (Å²) in [4.78, 5) is 27.7. The van der Waals surface area contributed by atoms with Crippen LogP contribution in [-0.4, -0.2) is 37.6 Å². The number of hydrogen-bond acceptors (Lipinski definition) is 6. The van der Waals surface area contributed by atoms with Crippen LogP contribution in [0.2, 0.25) is 0 Å². The zero-order chi connectivity index (χ0) is 20.7. The second-order valence-electron chi connectivity index (χ2n) is 6.68. The molecule has 0 fully saturated rings. The van der Waals surface area contributed by atoms with Gasteiger partial charge in [0.2, 0.25) is 5.91 Å². The Hall–Kier alpha value is -3.82. The highest BCUT2D eigenvalue weighted by atomic mass is 16.5. The molecule has 0 radical (unpaired) electrons. The second kappa shape index (κ2) is 6.97. The average molecular weight is 396 g/mol. The van der Waals surface area contributed by atoms with Crippen LogP contribution in [0, 0.1) is 13.8 Å². The van der Waals surface area contributed by atoms with Gasteiger partial charge in [-0.1, -0.05) is 0 Å². The first-order chi connectivity index (χ1) is 13.9. The number of amides is 1. The third-order valence-electron chi connectivity index (χ3n) is 4.73. The Morgan fingerprint density at radius 2 is 2.07 bits per heavy atom. The van der Waals surface area contributed by atoms with E-state index in [0.29, 0.717) is 22.8 Å². The second-order valence-corrected chi connectivity index (χ2v) is 6.68. The summed E-state index contributed by atoms with van der Waals surface area (Å²) in [6, 6.07) is 7.34. The van der Waals surface area contributed by atoms with Gasteiger partial charge < -0.3 is 19.5 Å².